The van der Waals surface area contributed by atoms with Crippen LogP contribution >= 0.6 is 0 Å². The Labute approximate surface area is 144 Å². The summed E-state index contributed by atoms with van der Waals surface area (Å²) >= 11 is 0. The van der Waals surface area contributed by atoms with Crippen LogP contribution in [-0.4, -0.2) is 32.2 Å². The van der Waals surface area contributed by atoms with Gasteiger partial charge in [-0.3, -0.25) is 19.0 Å². The van der Waals surface area contributed by atoms with Gasteiger partial charge in [0.25, 0.3) is 11.8 Å². The topological polar surface area (TPSA) is 88.4 Å². The molecule has 2 N–H and O–H groups in total. The molecule has 126 valence electrons. The van der Waals surface area contributed by atoms with Crippen molar-refractivity contribution in [3.63, 3.8) is 0 Å². The summed E-state index contributed by atoms with van der Waals surface area (Å²) in [6.07, 6.45) is 7.10. The number of carbonyl (C=O) groups is 2. The van der Waals surface area contributed by atoms with Crippen LogP contribution < -0.4 is 10.6 Å². The van der Waals surface area contributed by atoms with E-state index < -0.39 is 0 Å². The largest absolute Gasteiger partial charge is 0.348 e. The number of pyridine rings is 2. The Kier molecular flexibility index (Phi) is 3.89. The molecular weight excluding hydrogens is 318 g/mol. The standard InChI is InChI=1S/C18H17N5O2/c24-17(21-13-6-7-13)15-14-5-1-2-9-23(14)16(22-15)18(25)20-11-12-4-3-8-19-10-12/h1-5,8-10,13H,6-7,11H2,(H,20,25)(H,21,24). The third-order valence-electron chi connectivity index (χ3n) is 4.05. The van der Waals surface area contributed by atoms with Crippen molar-refractivity contribution < 1.29 is 9.59 Å². The number of hydrogen-bond acceptors (Lipinski definition) is 4. The van der Waals surface area contributed by atoms with E-state index in [1.165, 1.54) is 0 Å². The first-order valence-corrected chi connectivity index (χ1v) is 8.17. The van der Waals surface area contributed by atoms with Crippen molar-refractivity contribution >= 4 is 17.3 Å². The monoisotopic (exact) mass is 335 g/mol. The number of rotatable bonds is 5. The molecule has 0 radical (unpaired) electrons. The Morgan fingerprint density at radius 2 is 2.04 bits per heavy atom. The molecule has 7 heteroatoms. The molecule has 7 nitrogen and oxygen atoms in total. The number of nitrogens with one attached hydrogen (secondary N) is 2. The van der Waals surface area contributed by atoms with Crippen molar-refractivity contribution in [3.05, 3.63) is 66.0 Å². The zero-order valence-corrected chi connectivity index (χ0v) is 13.5. The summed E-state index contributed by atoms with van der Waals surface area (Å²) in [4.78, 5) is 33.3. The van der Waals surface area contributed by atoms with E-state index in [9.17, 15) is 9.59 Å². The Morgan fingerprint density at radius 3 is 2.80 bits per heavy atom. The van der Waals surface area contributed by atoms with Crippen LogP contribution in [0.2, 0.25) is 0 Å². The minimum Gasteiger partial charge on any atom is -0.348 e. The van der Waals surface area contributed by atoms with E-state index in [0.29, 0.717) is 12.1 Å². The summed E-state index contributed by atoms with van der Waals surface area (Å²) < 4.78 is 1.64. The summed E-state index contributed by atoms with van der Waals surface area (Å²) in [6, 6.07) is 9.33. The van der Waals surface area contributed by atoms with Gasteiger partial charge in [0, 0.05) is 31.2 Å². The predicted molar refractivity (Wildman–Crippen MR) is 91.1 cm³/mol. The highest BCUT2D eigenvalue weighted by Gasteiger charge is 2.27. The Hall–Kier alpha value is -3.22. The fraction of sp³-hybridized carbons (Fsp3) is 0.222. The van der Waals surface area contributed by atoms with E-state index in [4.69, 9.17) is 0 Å². The molecule has 0 aromatic carbocycles. The van der Waals surface area contributed by atoms with E-state index in [1.54, 1.807) is 35.1 Å². The van der Waals surface area contributed by atoms with E-state index >= 15 is 0 Å². The molecule has 1 saturated carbocycles. The van der Waals surface area contributed by atoms with Crippen LogP contribution in [0.4, 0.5) is 0 Å². The van der Waals surface area contributed by atoms with Crippen LogP contribution in [0, 0.1) is 0 Å². The molecule has 3 heterocycles. The van der Waals surface area contributed by atoms with Crippen molar-refractivity contribution in [2.24, 2.45) is 0 Å². The Morgan fingerprint density at radius 1 is 1.16 bits per heavy atom. The number of amides is 2. The second-order valence-corrected chi connectivity index (χ2v) is 6.03. The van der Waals surface area contributed by atoms with Gasteiger partial charge in [0.1, 0.15) is 0 Å². The van der Waals surface area contributed by atoms with Crippen molar-refractivity contribution in [3.8, 4) is 0 Å². The summed E-state index contributed by atoms with van der Waals surface area (Å²) in [5, 5.41) is 5.74. The third kappa shape index (κ3) is 3.21. The van der Waals surface area contributed by atoms with Gasteiger partial charge in [-0.1, -0.05) is 12.1 Å². The number of hydrogen-bond donors (Lipinski definition) is 2. The maximum absolute atomic E-state index is 12.6. The highest BCUT2D eigenvalue weighted by atomic mass is 16.2. The van der Waals surface area contributed by atoms with Gasteiger partial charge in [-0.2, -0.15) is 0 Å². The van der Waals surface area contributed by atoms with Crippen LogP contribution in [0.25, 0.3) is 5.52 Å². The number of aromatic nitrogens is 3. The first kappa shape index (κ1) is 15.3. The van der Waals surface area contributed by atoms with Crippen molar-refractivity contribution in [1.29, 1.82) is 0 Å². The minimum atomic E-state index is -0.337. The molecule has 0 spiro atoms. The molecule has 3 aromatic rings. The SMILES string of the molecule is O=C(NC1CC1)c1nc(C(=O)NCc2cccnc2)n2ccccc12. The lowest BCUT2D eigenvalue weighted by atomic mass is 10.3. The quantitative estimate of drug-likeness (QED) is 0.740. The van der Waals surface area contributed by atoms with E-state index in [1.807, 2.05) is 18.2 Å². The van der Waals surface area contributed by atoms with Crippen molar-refractivity contribution in [2.75, 3.05) is 0 Å². The van der Waals surface area contributed by atoms with Gasteiger partial charge in [0.2, 0.25) is 5.82 Å². The molecule has 0 atom stereocenters. The third-order valence-corrected chi connectivity index (χ3v) is 4.05. The van der Waals surface area contributed by atoms with Gasteiger partial charge < -0.3 is 10.6 Å². The first-order valence-electron chi connectivity index (χ1n) is 8.17. The van der Waals surface area contributed by atoms with Crippen LogP contribution in [0.1, 0.15) is 39.5 Å². The van der Waals surface area contributed by atoms with E-state index in [-0.39, 0.29) is 29.4 Å². The van der Waals surface area contributed by atoms with Crippen molar-refractivity contribution in [1.82, 2.24) is 25.0 Å². The lowest BCUT2D eigenvalue weighted by Gasteiger charge is -2.04. The van der Waals surface area contributed by atoms with Gasteiger partial charge in [0.05, 0.1) is 5.52 Å². The van der Waals surface area contributed by atoms with Crippen LogP contribution in [0.15, 0.2) is 48.9 Å². The maximum atomic E-state index is 12.6. The average Bonchev–Trinajstić information content (AvgIpc) is 3.37. The summed E-state index contributed by atoms with van der Waals surface area (Å²) in [5.41, 5.74) is 1.79. The van der Waals surface area contributed by atoms with Gasteiger partial charge in [0.15, 0.2) is 5.69 Å². The van der Waals surface area contributed by atoms with Crippen LogP contribution in [-0.2, 0) is 6.54 Å². The smallest absolute Gasteiger partial charge is 0.287 e. The first-order chi connectivity index (χ1) is 12.2. The van der Waals surface area contributed by atoms with Crippen LogP contribution in [0.3, 0.4) is 0 Å². The number of imidazole rings is 1. The second kappa shape index (κ2) is 6.35. The lowest BCUT2D eigenvalue weighted by Crippen LogP contribution is -2.27. The van der Waals surface area contributed by atoms with Gasteiger partial charge in [-0.15, -0.1) is 0 Å². The summed E-state index contributed by atoms with van der Waals surface area (Å²) in [5.74, 6) is -0.381. The summed E-state index contributed by atoms with van der Waals surface area (Å²) in [6.45, 7) is 0.345. The number of nitrogens with zero attached hydrogens (tertiary/aromatic N) is 3. The molecule has 1 fully saturated rings. The lowest BCUT2D eigenvalue weighted by molar-refractivity contribution is 0.0939. The molecule has 25 heavy (non-hydrogen) atoms. The normalized spacial score (nSPS) is 13.6. The minimum absolute atomic E-state index is 0.195. The van der Waals surface area contributed by atoms with Crippen LogP contribution in [0.5, 0.6) is 0 Å². The van der Waals surface area contributed by atoms with E-state index in [0.717, 1.165) is 18.4 Å². The predicted octanol–water partition coefficient (Wildman–Crippen LogP) is 1.55. The molecule has 0 bridgehead atoms. The molecule has 0 saturated heterocycles. The Balaban J connectivity index is 1.60. The highest BCUT2D eigenvalue weighted by molar-refractivity contribution is 6.02. The zero-order chi connectivity index (χ0) is 17.2. The average molecular weight is 335 g/mol. The number of fused-ring (bicyclic) bond motifs is 1. The Bertz CT molecular complexity index is 931. The molecule has 1 aliphatic rings. The second-order valence-electron chi connectivity index (χ2n) is 6.03. The molecule has 4 rings (SSSR count). The molecule has 0 unspecified atom stereocenters. The molecule has 2 amide bonds. The van der Waals surface area contributed by atoms with Gasteiger partial charge >= 0.3 is 0 Å². The molecular formula is C18H17N5O2. The van der Waals surface area contributed by atoms with Gasteiger partial charge in [-0.05, 0) is 36.6 Å². The van der Waals surface area contributed by atoms with E-state index in [2.05, 4.69) is 20.6 Å². The fourth-order valence-corrected chi connectivity index (χ4v) is 2.61. The molecule has 1 aliphatic carbocycles. The van der Waals surface area contributed by atoms with Gasteiger partial charge in [-0.25, -0.2) is 4.98 Å². The molecule has 0 aliphatic heterocycles. The highest BCUT2D eigenvalue weighted by Crippen LogP contribution is 2.20. The summed E-state index contributed by atoms with van der Waals surface area (Å²) in [7, 11) is 0. The zero-order valence-electron chi connectivity index (χ0n) is 13.5. The maximum Gasteiger partial charge on any atom is 0.287 e. The molecule has 3 aromatic heterocycles. The fourth-order valence-electron chi connectivity index (χ4n) is 2.61. The number of carbonyl (C=O) groups excluding carboxylic acids is 2. The van der Waals surface area contributed by atoms with Crippen molar-refractivity contribution in [2.45, 2.75) is 25.4 Å².